The molecule has 1 aromatic carbocycles. The van der Waals surface area contributed by atoms with E-state index in [-0.39, 0.29) is 0 Å². The Morgan fingerprint density at radius 3 is 2.94 bits per heavy atom. The molecule has 0 radical (unpaired) electrons. The molecule has 0 aliphatic carbocycles. The van der Waals surface area contributed by atoms with Crippen LogP contribution in [0.4, 0.5) is 0 Å². The SMILES string of the molecule is Cc1cc(-c2noc(CCN)n2)ccc1Br. The molecular formula is C11H12BrN3O. The van der Waals surface area contributed by atoms with Crippen molar-refractivity contribution >= 4 is 15.9 Å². The van der Waals surface area contributed by atoms with Crippen LogP contribution in [0.2, 0.25) is 0 Å². The Kier molecular flexibility index (Phi) is 3.36. The maximum absolute atomic E-state index is 5.42. The zero-order chi connectivity index (χ0) is 11.5. The highest BCUT2D eigenvalue weighted by atomic mass is 79.9. The minimum absolute atomic E-state index is 0.515. The smallest absolute Gasteiger partial charge is 0.228 e. The van der Waals surface area contributed by atoms with Crippen LogP contribution in [0, 0.1) is 6.92 Å². The summed E-state index contributed by atoms with van der Waals surface area (Å²) in [4.78, 5) is 4.27. The largest absolute Gasteiger partial charge is 0.339 e. The number of aryl methyl sites for hydroxylation is 1. The molecule has 1 heterocycles. The molecule has 0 amide bonds. The van der Waals surface area contributed by atoms with E-state index in [1.54, 1.807) is 0 Å². The molecule has 0 bridgehead atoms. The number of benzene rings is 1. The van der Waals surface area contributed by atoms with E-state index in [9.17, 15) is 0 Å². The van der Waals surface area contributed by atoms with Gasteiger partial charge in [0.15, 0.2) is 0 Å². The van der Waals surface area contributed by atoms with Crippen LogP contribution in [0.5, 0.6) is 0 Å². The molecule has 16 heavy (non-hydrogen) atoms. The molecule has 84 valence electrons. The van der Waals surface area contributed by atoms with E-state index in [4.69, 9.17) is 10.3 Å². The van der Waals surface area contributed by atoms with Gasteiger partial charge in [0.25, 0.3) is 0 Å². The van der Waals surface area contributed by atoms with E-state index in [1.807, 2.05) is 25.1 Å². The van der Waals surface area contributed by atoms with E-state index in [1.165, 1.54) is 0 Å². The first-order valence-electron chi connectivity index (χ1n) is 5.00. The fourth-order valence-electron chi connectivity index (χ4n) is 1.38. The summed E-state index contributed by atoms with van der Waals surface area (Å²) in [6.45, 7) is 2.54. The standard InChI is InChI=1S/C11H12BrN3O/c1-7-6-8(2-3-9(7)12)11-14-10(4-5-13)16-15-11/h2-3,6H,4-5,13H2,1H3. The summed E-state index contributed by atoms with van der Waals surface area (Å²) in [6.07, 6.45) is 0.614. The summed E-state index contributed by atoms with van der Waals surface area (Å²) in [7, 11) is 0. The average molecular weight is 282 g/mol. The number of nitrogens with zero attached hydrogens (tertiary/aromatic N) is 2. The van der Waals surface area contributed by atoms with Gasteiger partial charge in [-0.3, -0.25) is 0 Å². The molecule has 0 saturated carbocycles. The maximum Gasteiger partial charge on any atom is 0.228 e. The lowest BCUT2D eigenvalue weighted by Gasteiger charge is -1.99. The lowest BCUT2D eigenvalue weighted by Crippen LogP contribution is -2.02. The van der Waals surface area contributed by atoms with Gasteiger partial charge < -0.3 is 10.3 Å². The highest BCUT2D eigenvalue weighted by Gasteiger charge is 2.08. The Morgan fingerprint density at radius 2 is 2.25 bits per heavy atom. The fraction of sp³-hybridized carbons (Fsp3) is 0.273. The molecular weight excluding hydrogens is 270 g/mol. The molecule has 2 N–H and O–H groups in total. The van der Waals surface area contributed by atoms with Crippen molar-refractivity contribution < 1.29 is 4.52 Å². The lowest BCUT2D eigenvalue weighted by atomic mass is 10.1. The van der Waals surface area contributed by atoms with E-state index in [0.717, 1.165) is 15.6 Å². The minimum Gasteiger partial charge on any atom is -0.339 e. The number of aromatic nitrogens is 2. The molecule has 0 unspecified atom stereocenters. The molecule has 0 atom stereocenters. The summed E-state index contributed by atoms with van der Waals surface area (Å²) in [5.41, 5.74) is 7.51. The van der Waals surface area contributed by atoms with Crippen LogP contribution in [-0.2, 0) is 6.42 Å². The van der Waals surface area contributed by atoms with Crippen molar-refractivity contribution in [1.82, 2.24) is 10.1 Å². The molecule has 5 heteroatoms. The second kappa shape index (κ2) is 4.76. The van der Waals surface area contributed by atoms with Gasteiger partial charge in [-0.1, -0.05) is 21.1 Å². The number of rotatable bonds is 3. The number of halogens is 1. The van der Waals surface area contributed by atoms with E-state index in [2.05, 4.69) is 26.1 Å². The van der Waals surface area contributed by atoms with Crippen molar-refractivity contribution in [1.29, 1.82) is 0 Å². The Morgan fingerprint density at radius 1 is 1.44 bits per heavy atom. The zero-order valence-corrected chi connectivity index (χ0v) is 10.5. The zero-order valence-electron chi connectivity index (χ0n) is 8.90. The summed E-state index contributed by atoms with van der Waals surface area (Å²) in [5, 5.41) is 3.92. The third-order valence-electron chi connectivity index (χ3n) is 2.24. The monoisotopic (exact) mass is 281 g/mol. The molecule has 0 spiro atoms. The summed E-state index contributed by atoms with van der Waals surface area (Å²) in [5.74, 6) is 1.19. The second-order valence-corrected chi connectivity index (χ2v) is 4.37. The van der Waals surface area contributed by atoms with Gasteiger partial charge in [0, 0.05) is 23.0 Å². The van der Waals surface area contributed by atoms with Gasteiger partial charge in [-0.2, -0.15) is 4.98 Å². The van der Waals surface area contributed by atoms with Crippen LogP contribution in [0.1, 0.15) is 11.5 Å². The molecule has 2 rings (SSSR count). The molecule has 0 fully saturated rings. The molecule has 1 aromatic heterocycles. The van der Waals surface area contributed by atoms with Crippen LogP contribution in [0.15, 0.2) is 27.2 Å². The van der Waals surface area contributed by atoms with Crippen molar-refractivity contribution in [2.24, 2.45) is 5.73 Å². The highest BCUT2D eigenvalue weighted by Crippen LogP contribution is 2.22. The van der Waals surface area contributed by atoms with Gasteiger partial charge in [-0.05, 0) is 30.7 Å². The maximum atomic E-state index is 5.42. The Balaban J connectivity index is 2.31. The van der Waals surface area contributed by atoms with Crippen LogP contribution in [-0.4, -0.2) is 16.7 Å². The van der Waals surface area contributed by atoms with Crippen molar-refractivity contribution in [3.8, 4) is 11.4 Å². The number of hydrogen-bond acceptors (Lipinski definition) is 4. The first-order chi connectivity index (χ1) is 7.70. The molecule has 4 nitrogen and oxygen atoms in total. The first-order valence-corrected chi connectivity index (χ1v) is 5.79. The van der Waals surface area contributed by atoms with Crippen molar-refractivity contribution in [2.75, 3.05) is 6.54 Å². The van der Waals surface area contributed by atoms with Gasteiger partial charge in [0.2, 0.25) is 11.7 Å². The van der Waals surface area contributed by atoms with Crippen LogP contribution in [0.25, 0.3) is 11.4 Å². The Labute approximate surface area is 102 Å². The lowest BCUT2D eigenvalue weighted by molar-refractivity contribution is 0.380. The fourth-order valence-corrected chi connectivity index (χ4v) is 1.63. The van der Waals surface area contributed by atoms with E-state index < -0.39 is 0 Å². The molecule has 0 saturated heterocycles. The third kappa shape index (κ3) is 2.31. The predicted molar refractivity (Wildman–Crippen MR) is 64.9 cm³/mol. The summed E-state index contributed by atoms with van der Waals surface area (Å²) >= 11 is 3.45. The second-order valence-electron chi connectivity index (χ2n) is 3.51. The van der Waals surface area contributed by atoms with Gasteiger partial charge >= 0.3 is 0 Å². The quantitative estimate of drug-likeness (QED) is 0.938. The summed E-state index contributed by atoms with van der Waals surface area (Å²) in [6, 6.07) is 5.94. The topological polar surface area (TPSA) is 64.9 Å². The van der Waals surface area contributed by atoms with Gasteiger partial charge in [0.05, 0.1) is 0 Å². The van der Waals surface area contributed by atoms with E-state index >= 15 is 0 Å². The van der Waals surface area contributed by atoms with Gasteiger partial charge in [-0.15, -0.1) is 0 Å². The molecule has 2 aromatic rings. The van der Waals surface area contributed by atoms with Crippen molar-refractivity contribution in [3.05, 3.63) is 34.1 Å². The predicted octanol–water partition coefficient (Wildman–Crippen LogP) is 2.31. The van der Waals surface area contributed by atoms with Crippen LogP contribution >= 0.6 is 15.9 Å². The highest BCUT2D eigenvalue weighted by molar-refractivity contribution is 9.10. The number of hydrogen-bond donors (Lipinski definition) is 1. The van der Waals surface area contributed by atoms with Gasteiger partial charge in [-0.25, -0.2) is 0 Å². The van der Waals surface area contributed by atoms with Crippen molar-refractivity contribution in [3.63, 3.8) is 0 Å². The average Bonchev–Trinajstić information content (AvgIpc) is 2.71. The Bertz CT molecular complexity index is 496. The molecule has 0 aliphatic rings. The van der Waals surface area contributed by atoms with Gasteiger partial charge in [0.1, 0.15) is 0 Å². The summed E-state index contributed by atoms with van der Waals surface area (Å²) < 4.78 is 6.15. The first kappa shape index (κ1) is 11.3. The normalized spacial score (nSPS) is 10.7. The van der Waals surface area contributed by atoms with Crippen LogP contribution in [0.3, 0.4) is 0 Å². The minimum atomic E-state index is 0.515. The van der Waals surface area contributed by atoms with Crippen molar-refractivity contribution in [2.45, 2.75) is 13.3 Å². The Hall–Kier alpha value is -1.20. The third-order valence-corrected chi connectivity index (χ3v) is 3.13. The molecule has 0 aliphatic heterocycles. The van der Waals surface area contributed by atoms with E-state index in [0.29, 0.717) is 24.7 Å². The van der Waals surface area contributed by atoms with Crippen LogP contribution < -0.4 is 5.73 Å². The number of nitrogens with two attached hydrogens (primary N) is 1.